The molecule has 0 aliphatic heterocycles. The van der Waals surface area contributed by atoms with E-state index >= 15 is 0 Å². The van der Waals surface area contributed by atoms with Gasteiger partial charge in [-0.25, -0.2) is 0 Å². The van der Waals surface area contributed by atoms with Crippen LogP contribution in [0.1, 0.15) is 5.56 Å². The van der Waals surface area contributed by atoms with Crippen molar-refractivity contribution in [2.24, 2.45) is 0 Å². The summed E-state index contributed by atoms with van der Waals surface area (Å²) < 4.78 is 21.9. The Kier molecular flexibility index (Phi) is 4.15. The third kappa shape index (κ3) is 2.24. The lowest BCUT2D eigenvalue weighted by molar-refractivity contribution is 0.356. The molecule has 0 aromatic heterocycles. The summed E-state index contributed by atoms with van der Waals surface area (Å²) in [6.07, 6.45) is 0. The summed E-state index contributed by atoms with van der Waals surface area (Å²) in [5, 5.41) is 22.4. The molecule has 0 saturated carbocycles. The zero-order valence-corrected chi connectivity index (χ0v) is 14.3. The SMILES string of the molecule is COc1ccc2c(O)c(C#N)c3ccc(OC)c(OC)c3c2c1OC. The first-order valence-corrected chi connectivity index (χ1v) is 7.47. The minimum absolute atomic E-state index is 0.113. The van der Waals surface area contributed by atoms with Gasteiger partial charge in [-0.15, -0.1) is 0 Å². The molecule has 1 N–H and O–H groups in total. The Balaban J connectivity index is 2.72. The summed E-state index contributed by atoms with van der Waals surface area (Å²) in [7, 11) is 6.11. The molecule has 3 aromatic rings. The van der Waals surface area contributed by atoms with Crippen LogP contribution in [-0.4, -0.2) is 33.5 Å². The molecule has 0 aliphatic carbocycles. The first-order valence-electron chi connectivity index (χ1n) is 7.47. The quantitative estimate of drug-likeness (QED) is 0.732. The number of hydrogen-bond donors (Lipinski definition) is 1. The van der Waals surface area contributed by atoms with Gasteiger partial charge in [0.05, 0.1) is 28.4 Å². The van der Waals surface area contributed by atoms with E-state index in [-0.39, 0.29) is 11.3 Å². The average Bonchev–Trinajstić information content (AvgIpc) is 2.66. The summed E-state index contributed by atoms with van der Waals surface area (Å²) in [5.41, 5.74) is 0.163. The second-order valence-corrected chi connectivity index (χ2v) is 5.28. The van der Waals surface area contributed by atoms with Gasteiger partial charge in [-0.2, -0.15) is 5.26 Å². The zero-order valence-electron chi connectivity index (χ0n) is 14.3. The van der Waals surface area contributed by atoms with Crippen molar-refractivity contribution in [2.45, 2.75) is 0 Å². The minimum atomic E-state index is -0.113. The molecular weight excluding hydrogens is 322 g/mol. The smallest absolute Gasteiger partial charge is 0.169 e. The maximum Gasteiger partial charge on any atom is 0.169 e. The molecule has 6 heteroatoms. The van der Waals surface area contributed by atoms with Gasteiger partial charge < -0.3 is 24.1 Å². The van der Waals surface area contributed by atoms with E-state index in [1.165, 1.54) is 28.4 Å². The Morgan fingerprint density at radius 2 is 1.24 bits per heavy atom. The van der Waals surface area contributed by atoms with Crippen LogP contribution in [0.25, 0.3) is 21.5 Å². The molecule has 0 spiro atoms. The van der Waals surface area contributed by atoms with Crippen molar-refractivity contribution in [3.63, 3.8) is 0 Å². The third-order valence-corrected chi connectivity index (χ3v) is 4.21. The highest BCUT2D eigenvalue weighted by Crippen LogP contribution is 2.50. The predicted molar refractivity (Wildman–Crippen MR) is 94.0 cm³/mol. The maximum atomic E-state index is 10.6. The highest BCUT2D eigenvalue weighted by molar-refractivity contribution is 6.19. The molecule has 0 unspecified atom stereocenters. The fraction of sp³-hybridized carbons (Fsp3) is 0.211. The van der Waals surface area contributed by atoms with Crippen LogP contribution in [0.3, 0.4) is 0 Å². The standard InChI is InChI=1S/C19H17NO5/c1-22-13-7-5-10-12(9-20)17(21)11-6-8-14(23-2)19(25-4)16(11)15(10)18(13)24-3/h5-8,21H,1-4H3. The summed E-state index contributed by atoms with van der Waals surface area (Å²) in [6.45, 7) is 0. The molecule has 0 saturated heterocycles. The largest absolute Gasteiger partial charge is 0.506 e. The lowest BCUT2D eigenvalue weighted by Crippen LogP contribution is -1.97. The Morgan fingerprint density at radius 3 is 1.68 bits per heavy atom. The van der Waals surface area contributed by atoms with E-state index in [9.17, 15) is 10.4 Å². The summed E-state index contributed by atoms with van der Waals surface area (Å²) >= 11 is 0. The fourth-order valence-electron chi connectivity index (χ4n) is 3.13. The van der Waals surface area contributed by atoms with Gasteiger partial charge in [-0.05, 0) is 24.3 Å². The van der Waals surface area contributed by atoms with Gasteiger partial charge in [0.25, 0.3) is 0 Å². The van der Waals surface area contributed by atoms with Gasteiger partial charge >= 0.3 is 0 Å². The van der Waals surface area contributed by atoms with Crippen LogP contribution in [-0.2, 0) is 0 Å². The number of methoxy groups -OCH3 is 4. The molecule has 0 aliphatic rings. The number of nitriles is 1. The highest BCUT2D eigenvalue weighted by atomic mass is 16.5. The molecule has 0 heterocycles. The lowest BCUT2D eigenvalue weighted by atomic mass is 9.94. The van der Waals surface area contributed by atoms with Gasteiger partial charge in [-0.1, -0.05) is 0 Å². The molecule has 25 heavy (non-hydrogen) atoms. The molecule has 3 rings (SSSR count). The number of nitrogens with zero attached hydrogens (tertiary/aromatic N) is 1. The number of phenolic OH excluding ortho intramolecular Hbond substituents is 1. The second kappa shape index (κ2) is 6.29. The second-order valence-electron chi connectivity index (χ2n) is 5.28. The van der Waals surface area contributed by atoms with Gasteiger partial charge in [-0.3, -0.25) is 0 Å². The predicted octanol–water partition coefficient (Wildman–Crippen LogP) is 3.60. The molecule has 0 radical (unpaired) electrons. The number of benzene rings is 3. The van der Waals surface area contributed by atoms with Crippen LogP contribution < -0.4 is 18.9 Å². The van der Waals surface area contributed by atoms with E-state index < -0.39 is 0 Å². The number of phenols is 1. The lowest BCUT2D eigenvalue weighted by Gasteiger charge is -2.18. The van der Waals surface area contributed by atoms with Gasteiger partial charge in [0.15, 0.2) is 23.0 Å². The van der Waals surface area contributed by atoms with Crippen LogP contribution >= 0.6 is 0 Å². The molecule has 128 valence electrons. The molecule has 0 bridgehead atoms. The van der Waals surface area contributed by atoms with E-state index in [4.69, 9.17) is 18.9 Å². The van der Waals surface area contributed by atoms with E-state index in [1.807, 2.05) is 0 Å². The van der Waals surface area contributed by atoms with Gasteiger partial charge in [0.2, 0.25) is 0 Å². The summed E-state index contributed by atoms with van der Waals surface area (Å²) in [5.74, 6) is 1.80. The van der Waals surface area contributed by atoms with E-state index in [0.29, 0.717) is 44.5 Å². The monoisotopic (exact) mass is 339 g/mol. The number of ether oxygens (including phenoxy) is 4. The first kappa shape index (κ1) is 16.5. The van der Waals surface area contributed by atoms with Crippen molar-refractivity contribution in [2.75, 3.05) is 28.4 Å². The van der Waals surface area contributed by atoms with Crippen LogP contribution in [0.5, 0.6) is 28.7 Å². The summed E-state index contributed by atoms with van der Waals surface area (Å²) in [6, 6.07) is 8.84. The molecule has 0 fully saturated rings. The topological polar surface area (TPSA) is 80.9 Å². The van der Waals surface area contributed by atoms with Crippen LogP contribution in [0.4, 0.5) is 0 Å². The minimum Gasteiger partial charge on any atom is -0.506 e. The van der Waals surface area contributed by atoms with Crippen molar-refractivity contribution in [3.05, 3.63) is 29.8 Å². The molecule has 6 nitrogen and oxygen atoms in total. The number of fused-ring (bicyclic) bond motifs is 3. The van der Waals surface area contributed by atoms with Gasteiger partial charge in [0, 0.05) is 21.5 Å². The zero-order chi connectivity index (χ0) is 18.1. The van der Waals surface area contributed by atoms with E-state index in [2.05, 4.69) is 6.07 Å². The van der Waals surface area contributed by atoms with Crippen LogP contribution in [0.2, 0.25) is 0 Å². The Bertz CT molecular complexity index is 1020. The van der Waals surface area contributed by atoms with Crippen LogP contribution in [0, 0.1) is 11.3 Å². The summed E-state index contributed by atoms with van der Waals surface area (Å²) in [4.78, 5) is 0. The van der Waals surface area contributed by atoms with Crippen molar-refractivity contribution in [3.8, 4) is 34.8 Å². The Hall–Kier alpha value is -3.33. The number of rotatable bonds is 4. The molecule has 0 amide bonds. The fourth-order valence-corrected chi connectivity index (χ4v) is 3.13. The van der Waals surface area contributed by atoms with Crippen molar-refractivity contribution in [1.29, 1.82) is 5.26 Å². The van der Waals surface area contributed by atoms with Crippen molar-refractivity contribution < 1.29 is 24.1 Å². The maximum absolute atomic E-state index is 10.6. The molecular formula is C19H17NO5. The van der Waals surface area contributed by atoms with Crippen molar-refractivity contribution in [1.82, 2.24) is 0 Å². The average molecular weight is 339 g/mol. The normalized spacial score (nSPS) is 10.5. The molecule has 0 atom stereocenters. The highest BCUT2D eigenvalue weighted by Gasteiger charge is 2.23. The van der Waals surface area contributed by atoms with Crippen molar-refractivity contribution >= 4 is 21.5 Å². The van der Waals surface area contributed by atoms with Gasteiger partial charge in [0.1, 0.15) is 17.4 Å². The Morgan fingerprint density at radius 1 is 0.760 bits per heavy atom. The first-order chi connectivity index (χ1) is 12.1. The van der Waals surface area contributed by atoms with Crippen LogP contribution in [0.15, 0.2) is 24.3 Å². The number of hydrogen-bond acceptors (Lipinski definition) is 6. The van der Waals surface area contributed by atoms with E-state index in [1.54, 1.807) is 24.3 Å². The Labute approximate surface area is 144 Å². The van der Waals surface area contributed by atoms with E-state index in [0.717, 1.165) is 0 Å². The third-order valence-electron chi connectivity index (χ3n) is 4.21. The number of aromatic hydroxyl groups is 1. The molecule has 3 aromatic carbocycles.